The molecule has 4 saturated heterocycles. The summed E-state index contributed by atoms with van der Waals surface area (Å²) in [6, 6.07) is 0. The van der Waals surface area contributed by atoms with Gasteiger partial charge in [0.2, 0.25) is 0 Å². The van der Waals surface area contributed by atoms with Crippen molar-refractivity contribution in [3.63, 3.8) is 0 Å². The van der Waals surface area contributed by atoms with Gasteiger partial charge in [0.1, 0.15) is 30.0 Å². The Bertz CT molecular complexity index is 889. The van der Waals surface area contributed by atoms with Gasteiger partial charge in [-0.3, -0.25) is 0 Å². The minimum atomic E-state index is -0.366. The van der Waals surface area contributed by atoms with E-state index >= 15 is 0 Å². The minimum absolute atomic E-state index is 0.0640. The van der Waals surface area contributed by atoms with Crippen LogP contribution in [0, 0.1) is 17.3 Å². The Hall–Kier alpha value is -0.950. The van der Waals surface area contributed by atoms with Gasteiger partial charge in [-0.25, -0.2) is 4.79 Å². The smallest absolute Gasteiger partial charge is 0.334 e. The normalized spacial score (nSPS) is 65.6. The van der Waals surface area contributed by atoms with E-state index in [-0.39, 0.29) is 52.1 Å². The topological polar surface area (TPSA) is 76.4 Å². The van der Waals surface area contributed by atoms with Crippen LogP contribution in [0.1, 0.15) is 40.0 Å². The van der Waals surface area contributed by atoms with E-state index in [1.54, 1.807) is 0 Å². The second-order valence-electron chi connectivity index (χ2n) is 10.5. The highest BCUT2D eigenvalue weighted by molar-refractivity contribution is 5.92. The van der Waals surface area contributed by atoms with Gasteiger partial charge in [0.25, 0.3) is 0 Å². The Kier molecular flexibility index (Phi) is 2.02. The molecule has 0 aromatic carbocycles. The lowest BCUT2D eigenvalue weighted by molar-refractivity contribution is -0.136. The van der Waals surface area contributed by atoms with E-state index in [1.165, 1.54) is 5.57 Å². The lowest BCUT2D eigenvalue weighted by Crippen LogP contribution is -2.71. The van der Waals surface area contributed by atoms with Gasteiger partial charge in [-0.2, -0.15) is 0 Å². The highest BCUT2D eigenvalue weighted by Gasteiger charge is 3.07. The van der Waals surface area contributed by atoms with Gasteiger partial charge < -0.3 is 23.7 Å². The number of hydrogen-bond donors (Lipinski definition) is 0. The van der Waals surface area contributed by atoms with Crippen LogP contribution in [0.4, 0.5) is 0 Å². The molecule has 0 unspecified atom stereocenters. The molecule has 6 nitrogen and oxygen atoms in total. The highest BCUT2D eigenvalue weighted by Crippen LogP contribution is 2.87. The van der Waals surface area contributed by atoms with Crippen LogP contribution < -0.4 is 0 Å². The molecule has 0 bridgehead atoms. The van der Waals surface area contributed by atoms with E-state index in [0.717, 1.165) is 24.8 Å². The van der Waals surface area contributed by atoms with Crippen LogP contribution in [0.5, 0.6) is 0 Å². The molecule has 0 aromatic heterocycles. The molecule has 3 spiro atoms. The van der Waals surface area contributed by atoms with Crippen LogP contribution in [0.2, 0.25) is 0 Å². The number of esters is 1. The summed E-state index contributed by atoms with van der Waals surface area (Å²) in [7, 11) is 0. The number of epoxide rings is 4. The van der Waals surface area contributed by atoms with Gasteiger partial charge in [0.05, 0.1) is 12.7 Å². The quantitative estimate of drug-likeness (QED) is 0.513. The predicted molar refractivity (Wildman–Crippen MR) is 89.8 cm³/mol. The van der Waals surface area contributed by atoms with Gasteiger partial charge in [0.15, 0.2) is 11.2 Å². The van der Waals surface area contributed by atoms with Crippen LogP contribution in [0.25, 0.3) is 0 Å². The molecule has 0 aromatic rings. The maximum atomic E-state index is 12.2. The second kappa shape index (κ2) is 3.64. The average Bonchev–Trinajstić information content (AvgIpc) is 3.43. The molecular formula is C21H24O6. The van der Waals surface area contributed by atoms with Gasteiger partial charge in [0, 0.05) is 11.0 Å². The minimum Gasteiger partial charge on any atom is -0.458 e. The Morgan fingerprint density at radius 3 is 2.67 bits per heavy atom. The molecule has 9 atom stereocenters. The first-order chi connectivity index (χ1) is 12.9. The zero-order valence-corrected chi connectivity index (χ0v) is 15.9. The highest BCUT2D eigenvalue weighted by atomic mass is 16.8. The van der Waals surface area contributed by atoms with E-state index in [1.807, 2.05) is 0 Å². The molecular weight excluding hydrogens is 348 g/mol. The zero-order chi connectivity index (χ0) is 18.2. The molecule has 6 fully saturated rings. The van der Waals surface area contributed by atoms with Crippen molar-refractivity contribution in [2.75, 3.05) is 13.2 Å². The molecule has 2 saturated carbocycles. The van der Waals surface area contributed by atoms with Crippen molar-refractivity contribution in [3.8, 4) is 0 Å². The van der Waals surface area contributed by atoms with E-state index < -0.39 is 0 Å². The summed E-state index contributed by atoms with van der Waals surface area (Å²) in [4.78, 5) is 12.2. The molecule has 3 aliphatic carbocycles. The average molecular weight is 372 g/mol. The van der Waals surface area contributed by atoms with Crippen LogP contribution in [0.15, 0.2) is 11.1 Å². The summed E-state index contributed by atoms with van der Waals surface area (Å²) < 4.78 is 31.4. The van der Waals surface area contributed by atoms with Gasteiger partial charge in [-0.15, -0.1) is 0 Å². The fraction of sp³-hybridized carbons (Fsp3) is 0.857. The largest absolute Gasteiger partial charge is 0.458 e. The van der Waals surface area contributed by atoms with Gasteiger partial charge >= 0.3 is 5.97 Å². The van der Waals surface area contributed by atoms with E-state index in [4.69, 9.17) is 23.7 Å². The first-order valence-corrected chi connectivity index (χ1v) is 10.5. The summed E-state index contributed by atoms with van der Waals surface area (Å²) in [6.45, 7) is 8.00. The molecule has 8 rings (SSSR count). The predicted octanol–water partition coefficient (Wildman–Crippen LogP) is 1.51. The SMILES string of the molecule is CC(C)[C@]12O[C@H]1[C@H]1O[C@]13[C@]1(O[C@H]1C[C@H]1C4=C(CC[C@@]13C)C(=O)OC4)[C@]21CO1. The van der Waals surface area contributed by atoms with Crippen LogP contribution in [0.3, 0.4) is 0 Å². The molecule has 27 heavy (non-hydrogen) atoms. The molecule has 5 heterocycles. The molecule has 0 N–H and O–H groups in total. The van der Waals surface area contributed by atoms with Crippen molar-refractivity contribution >= 4 is 5.97 Å². The molecule has 0 radical (unpaired) electrons. The van der Waals surface area contributed by atoms with Crippen LogP contribution in [-0.4, -0.2) is 59.9 Å². The van der Waals surface area contributed by atoms with E-state index in [9.17, 15) is 4.79 Å². The number of cyclic esters (lactones) is 1. The van der Waals surface area contributed by atoms with Crippen molar-refractivity contribution in [3.05, 3.63) is 11.1 Å². The Morgan fingerprint density at radius 1 is 1.11 bits per heavy atom. The molecule has 144 valence electrons. The fourth-order valence-corrected chi connectivity index (χ4v) is 8.56. The van der Waals surface area contributed by atoms with E-state index in [2.05, 4.69) is 20.8 Å². The summed E-state index contributed by atoms with van der Waals surface area (Å²) in [6.07, 6.45) is 3.00. The van der Waals surface area contributed by atoms with E-state index in [0.29, 0.717) is 25.0 Å². The lowest BCUT2D eigenvalue weighted by Gasteiger charge is -2.53. The van der Waals surface area contributed by atoms with Crippen molar-refractivity contribution in [1.82, 2.24) is 0 Å². The summed E-state index contributed by atoms with van der Waals surface area (Å²) >= 11 is 0. The van der Waals surface area contributed by atoms with Crippen molar-refractivity contribution < 1.29 is 28.5 Å². The number of hydrogen-bond acceptors (Lipinski definition) is 6. The van der Waals surface area contributed by atoms with Gasteiger partial charge in [-0.05, 0) is 36.7 Å². The monoisotopic (exact) mass is 372 g/mol. The summed E-state index contributed by atoms with van der Waals surface area (Å²) in [5.74, 6) is 0.555. The Labute approximate surface area is 157 Å². The molecule has 8 aliphatic rings. The lowest BCUT2D eigenvalue weighted by atomic mass is 9.45. The Morgan fingerprint density at radius 2 is 1.93 bits per heavy atom. The maximum Gasteiger partial charge on any atom is 0.334 e. The number of carbonyl (C=O) groups is 1. The van der Waals surface area contributed by atoms with Crippen molar-refractivity contribution in [2.45, 2.75) is 80.7 Å². The molecule has 6 heteroatoms. The number of carbonyl (C=O) groups excluding carboxylic acids is 1. The fourth-order valence-electron chi connectivity index (χ4n) is 8.56. The molecule has 0 amide bonds. The van der Waals surface area contributed by atoms with Gasteiger partial charge in [-0.1, -0.05) is 20.8 Å². The first-order valence-electron chi connectivity index (χ1n) is 10.5. The third-order valence-corrected chi connectivity index (χ3v) is 9.79. The summed E-state index contributed by atoms with van der Waals surface area (Å²) in [5.41, 5.74) is 0.771. The van der Waals surface area contributed by atoms with Crippen molar-refractivity contribution in [1.29, 1.82) is 0 Å². The Balaban J connectivity index is 1.33. The number of rotatable bonds is 1. The first kappa shape index (κ1) is 15.0. The van der Waals surface area contributed by atoms with Crippen molar-refractivity contribution in [2.24, 2.45) is 17.3 Å². The summed E-state index contributed by atoms with van der Waals surface area (Å²) in [5, 5.41) is 0. The standard InChI is InChI=1S/C21H24O6/c1-9(2)19-14(26-19)15-21(27-15)17(3)5-4-10-11(7-23-16(10)22)12(17)6-13-20(21,25-13)18(19)8-24-18/h9,12-15H,4-8H2,1-3H3/t12-,13-,14-,15+,17-,18-,19-,20+,21+/m0/s1. The third kappa shape index (κ3) is 1.10. The zero-order valence-electron chi connectivity index (χ0n) is 15.9. The maximum absolute atomic E-state index is 12.2. The second-order valence-corrected chi connectivity index (χ2v) is 10.5. The number of fused-ring (bicyclic) bond motifs is 5. The number of ether oxygens (including phenoxy) is 5. The van der Waals surface area contributed by atoms with Crippen LogP contribution in [-0.2, 0) is 28.5 Å². The van der Waals surface area contributed by atoms with Crippen LogP contribution >= 0.6 is 0 Å². The molecule has 5 aliphatic heterocycles. The third-order valence-electron chi connectivity index (χ3n) is 9.79.